The van der Waals surface area contributed by atoms with Crippen LogP contribution in [0, 0.1) is 0 Å². The Bertz CT molecular complexity index is 125. The summed E-state index contributed by atoms with van der Waals surface area (Å²) in [6, 6.07) is 0. The molecule has 0 N–H and O–H groups in total. The van der Waals surface area contributed by atoms with E-state index in [1.807, 2.05) is 0 Å². The fourth-order valence-corrected chi connectivity index (χ4v) is 2.50. The smallest absolute Gasteiger partial charge is 0.160 e. The van der Waals surface area contributed by atoms with Gasteiger partial charge in [0.25, 0.3) is 0 Å². The fraction of sp³-hybridized carbons (Fsp3) is 1.00. The molecule has 1 rings (SSSR count). The standard InChI is InChI=1S/C8H13F3S/c9-8(10,11)12-7-5-3-1-2-4-6-7/h7H,1-6H2. The molecule has 0 saturated heterocycles. The van der Waals surface area contributed by atoms with Gasteiger partial charge in [0.1, 0.15) is 0 Å². The largest absolute Gasteiger partial charge is 0.442 e. The molecule has 72 valence electrons. The minimum atomic E-state index is -4.03. The summed E-state index contributed by atoms with van der Waals surface area (Å²) in [6.45, 7) is 0. The van der Waals surface area contributed by atoms with E-state index in [2.05, 4.69) is 0 Å². The zero-order valence-electron chi connectivity index (χ0n) is 6.86. The molecule has 1 aliphatic carbocycles. The van der Waals surface area contributed by atoms with Crippen molar-refractivity contribution < 1.29 is 13.2 Å². The van der Waals surface area contributed by atoms with Crippen molar-refractivity contribution >= 4 is 11.8 Å². The molecule has 0 aromatic heterocycles. The van der Waals surface area contributed by atoms with E-state index in [1.165, 1.54) is 0 Å². The summed E-state index contributed by atoms with van der Waals surface area (Å²) >= 11 is 0.191. The summed E-state index contributed by atoms with van der Waals surface area (Å²) in [7, 11) is 0. The molecule has 0 aliphatic heterocycles. The van der Waals surface area contributed by atoms with Crippen LogP contribution in [0.2, 0.25) is 0 Å². The topological polar surface area (TPSA) is 0 Å². The fourth-order valence-electron chi connectivity index (χ4n) is 1.55. The van der Waals surface area contributed by atoms with Gasteiger partial charge >= 0.3 is 5.51 Å². The van der Waals surface area contributed by atoms with Gasteiger partial charge in [0.15, 0.2) is 0 Å². The summed E-state index contributed by atoms with van der Waals surface area (Å²) in [5.41, 5.74) is -4.03. The Morgan fingerprint density at radius 2 is 1.42 bits per heavy atom. The minimum Gasteiger partial charge on any atom is -0.160 e. The third kappa shape index (κ3) is 4.24. The highest BCUT2D eigenvalue weighted by molar-refractivity contribution is 8.00. The molecular weight excluding hydrogens is 185 g/mol. The average molecular weight is 198 g/mol. The maximum atomic E-state index is 11.9. The lowest BCUT2D eigenvalue weighted by Gasteiger charge is -2.14. The van der Waals surface area contributed by atoms with Crippen LogP contribution >= 0.6 is 11.8 Å². The number of hydrogen-bond donors (Lipinski definition) is 0. The molecule has 1 aliphatic rings. The van der Waals surface area contributed by atoms with Gasteiger partial charge < -0.3 is 0 Å². The number of halogens is 3. The van der Waals surface area contributed by atoms with E-state index in [0.29, 0.717) is 0 Å². The van der Waals surface area contributed by atoms with Crippen LogP contribution in [0.4, 0.5) is 13.2 Å². The third-order valence-electron chi connectivity index (χ3n) is 2.10. The average Bonchev–Trinajstić information content (AvgIpc) is 2.12. The molecule has 4 heteroatoms. The lowest BCUT2D eigenvalue weighted by Crippen LogP contribution is -2.10. The Labute approximate surface area is 74.9 Å². The molecule has 1 saturated carbocycles. The lowest BCUT2D eigenvalue weighted by atomic mass is 10.2. The van der Waals surface area contributed by atoms with Gasteiger partial charge in [0.05, 0.1) is 0 Å². The van der Waals surface area contributed by atoms with Crippen LogP contribution in [0.5, 0.6) is 0 Å². The Balaban J connectivity index is 2.30. The second-order valence-corrected chi connectivity index (χ2v) is 4.54. The highest BCUT2D eigenvalue weighted by Gasteiger charge is 2.32. The first-order valence-electron chi connectivity index (χ1n) is 4.32. The molecule has 0 unspecified atom stereocenters. The maximum Gasteiger partial charge on any atom is 0.442 e. The van der Waals surface area contributed by atoms with Crippen molar-refractivity contribution in [2.24, 2.45) is 0 Å². The Morgan fingerprint density at radius 1 is 0.917 bits per heavy atom. The second kappa shape index (κ2) is 4.40. The molecule has 1 fully saturated rings. The predicted octanol–water partition coefficient (Wildman–Crippen LogP) is 3.96. The van der Waals surface area contributed by atoms with Crippen LogP contribution in [0.3, 0.4) is 0 Å². The molecule has 0 nitrogen and oxygen atoms in total. The van der Waals surface area contributed by atoms with Crippen LogP contribution in [0.25, 0.3) is 0 Å². The molecule has 12 heavy (non-hydrogen) atoms. The Morgan fingerprint density at radius 3 is 1.83 bits per heavy atom. The third-order valence-corrected chi connectivity index (χ3v) is 3.17. The van der Waals surface area contributed by atoms with Crippen molar-refractivity contribution in [2.75, 3.05) is 0 Å². The van der Waals surface area contributed by atoms with Crippen LogP contribution in [0.1, 0.15) is 38.5 Å². The Kier molecular flexibility index (Phi) is 3.75. The first-order valence-corrected chi connectivity index (χ1v) is 5.20. The molecule has 0 aromatic rings. The highest BCUT2D eigenvalue weighted by atomic mass is 32.2. The highest BCUT2D eigenvalue weighted by Crippen LogP contribution is 2.39. The van der Waals surface area contributed by atoms with E-state index in [9.17, 15) is 13.2 Å². The zero-order valence-corrected chi connectivity index (χ0v) is 7.68. The van der Waals surface area contributed by atoms with Crippen molar-refractivity contribution in [1.29, 1.82) is 0 Å². The zero-order chi connectivity index (χ0) is 9.03. The van der Waals surface area contributed by atoms with Gasteiger partial charge in [0, 0.05) is 5.25 Å². The first kappa shape index (κ1) is 10.2. The summed E-state index contributed by atoms with van der Waals surface area (Å²) in [5, 5.41) is -0.174. The van der Waals surface area contributed by atoms with Gasteiger partial charge in [0.2, 0.25) is 0 Å². The van der Waals surface area contributed by atoms with E-state index in [-0.39, 0.29) is 17.0 Å². The van der Waals surface area contributed by atoms with Crippen molar-refractivity contribution in [2.45, 2.75) is 49.3 Å². The van der Waals surface area contributed by atoms with Crippen LogP contribution in [0.15, 0.2) is 0 Å². The monoisotopic (exact) mass is 198 g/mol. The molecule has 0 aromatic carbocycles. The van der Waals surface area contributed by atoms with E-state index < -0.39 is 5.51 Å². The normalized spacial score (nSPS) is 22.2. The lowest BCUT2D eigenvalue weighted by molar-refractivity contribution is -0.0334. The number of alkyl halides is 3. The molecule has 0 atom stereocenters. The minimum absolute atomic E-state index is 0.174. The van der Waals surface area contributed by atoms with E-state index in [1.54, 1.807) is 0 Å². The number of rotatable bonds is 1. The molecular formula is C8H13F3S. The van der Waals surface area contributed by atoms with Crippen LogP contribution in [-0.4, -0.2) is 10.8 Å². The van der Waals surface area contributed by atoms with Crippen molar-refractivity contribution in [3.8, 4) is 0 Å². The van der Waals surface area contributed by atoms with Gasteiger partial charge in [-0.25, -0.2) is 0 Å². The predicted molar refractivity (Wildman–Crippen MR) is 45.1 cm³/mol. The molecule has 0 heterocycles. The molecule has 0 radical (unpaired) electrons. The van der Waals surface area contributed by atoms with Crippen LogP contribution < -0.4 is 0 Å². The van der Waals surface area contributed by atoms with Gasteiger partial charge in [-0.3, -0.25) is 0 Å². The quantitative estimate of drug-likeness (QED) is 0.574. The van der Waals surface area contributed by atoms with Gasteiger partial charge in [-0.2, -0.15) is 13.2 Å². The second-order valence-electron chi connectivity index (χ2n) is 3.18. The molecule has 0 spiro atoms. The summed E-state index contributed by atoms with van der Waals surface area (Å²) in [4.78, 5) is 0. The maximum absolute atomic E-state index is 11.9. The van der Waals surface area contributed by atoms with Crippen molar-refractivity contribution in [1.82, 2.24) is 0 Å². The summed E-state index contributed by atoms with van der Waals surface area (Å²) in [6.07, 6.45) is 5.62. The molecule has 0 amide bonds. The Hall–Kier alpha value is 0.140. The molecule has 0 bridgehead atoms. The summed E-state index contributed by atoms with van der Waals surface area (Å²) < 4.78 is 35.8. The van der Waals surface area contributed by atoms with Crippen molar-refractivity contribution in [3.63, 3.8) is 0 Å². The van der Waals surface area contributed by atoms with Gasteiger partial charge in [-0.05, 0) is 24.6 Å². The summed E-state index contributed by atoms with van der Waals surface area (Å²) in [5.74, 6) is 0. The van der Waals surface area contributed by atoms with Gasteiger partial charge in [-0.15, -0.1) is 0 Å². The number of hydrogen-bond acceptors (Lipinski definition) is 1. The van der Waals surface area contributed by atoms with E-state index in [4.69, 9.17) is 0 Å². The van der Waals surface area contributed by atoms with E-state index >= 15 is 0 Å². The van der Waals surface area contributed by atoms with Gasteiger partial charge in [-0.1, -0.05) is 25.7 Å². The van der Waals surface area contributed by atoms with E-state index in [0.717, 1.165) is 38.5 Å². The SMILES string of the molecule is FC(F)(F)SC1CCCCCC1. The van der Waals surface area contributed by atoms with Crippen molar-refractivity contribution in [3.05, 3.63) is 0 Å². The first-order chi connectivity index (χ1) is 5.58. The number of thioether (sulfide) groups is 1. The van der Waals surface area contributed by atoms with Crippen LogP contribution in [-0.2, 0) is 0 Å².